The van der Waals surface area contributed by atoms with E-state index in [-0.39, 0.29) is 0 Å². The Bertz CT molecular complexity index is 303. The topological polar surface area (TPSA) is 29.9 Å². The molecule has 1 aromatic heterocycles. The lowest BCUT2D eigenvalue weighted by Crippen LogP contribution is -2.17. The fourth-order valence-corrected chi connectivity index (χ4v) is 1.60. The van der Waals surface area contributed by atoms with Gasteiger partial charge in [0.15, 0.2) is 0 Å². The molecule has 0 amide bonds. The second-order valence-electron chi connectivity index (χ2n) is 4.58. The van der Waals surface area contributed by atoms with Crippen molar-refractivity contribution in [1.29, 1.82) is 0 Å². The molecule has 1 fully saturated rings. The Labute approximate surface area is 85.5 Å². The number of aromatic nitrogens is 2. The number of hydrogen-bond acceptors (Lipinski definition) is 2. The summed E-state index contributed by atoms with van der Waals surface area (Å²) < 4.78 is 2.01. The predicted molar refractivity (Wildman–Crippen MR) is 57.0 cm³/mol. The number of nitrogens with zero attached hydrogens (tertiary/aromatic N) is 2. The van der Waals surface area contributed by atoms with Crippen LogP contribution in [0.2, 0.25) is 0 Å². The molecule has 3 nitrogen and oxygen atoms in total. The van der Waals surface area contributed by atoms with E-state index in [1.165, 1.54) is 6.42 Å². The Balaban J connectivity index is 1.84. The minimum absolute atomic E-state index is 0.462. The highest BCUT2D eigenvalue weighted by Crippen LogP contribution is 2.29. The maximum absolute atomic E-state index is 4.49. The van der Waals surface area contributed by atoms with E-state index in [1.54, 1.807) is 0 Å². The van der Waals surface area contributed by atoms with Gasteiger partial charge in [-0.25, -0.2) is 0 Å². The molecule has 0 spiro atoms. The number of nitrogens with one attached hydrogen (secondary N) is 1. The predicted octanol–water partition coefficient (Wildman–Crippen LogP) is 1.96. The van der Waals surface area contributed by atoms with Crippen LogP contribution in [0.5, 0.6) is 0 Å². The Kier molecular flexibility index (Phi) is 2.59. The minimum Gasteiger partial charge on any atom is -0.308 e. The molecule has 0 bridgehead atoms. The fraction of sp³-hybridized carbons (Fsp3) is 0.727. The molecule has 78 valence electrons. The minimum atomic E-state index is 0.462. The van der Waals surface area contributed by atoms with Crippen molar-refractivity contribution in [3.8, 4) is 0 Å². The molecule has 0 saturated heterocycles. The van der Waals surface area contributed by atoms with E-state index in [4.69, 9.17) is 0 Å². The van der Waals surface area contributed by atoms with Crippen molar-refractivity contribution in [2.24, 2.45) is 5.92 Å². The lowest BCUT2D eigenvalue weighted by Gasteiger charge is -2.04. The van der Waals surface area contributed by atoms with Gasteiger partial charge in [-0.15, -0.1) is 0 Å². The standard InChI is InChI=1S/C11H19N3/c1-8(2)14-5-4-10(13-14)7-12-11-6-9(11)3/h4-5,8-9,11-12H,6-7H2,1-3H3. The van der Waals surface area contributed by atoms with Gasteiger partial charge in [0.1, 0.15) is 0 Å². The van der Waals surface area contributed by atoms with Crippen LogP contribution in [0.3, 0.4) is 0 Å². The summed E-state index contributed by atoms with van der Waals surface area (Å²) in [5.74, 6) is 0.863. The summed E-state index contributed by atoms with van der Waals surface area (Å²) in [5, 5.41) is 7.99. The molecule has 0 radical (unpaired) electrons. The van der Waals surface area contributed by atoms with Crippen LogP contribution < -0.4 is 5.32 Å². The van der Waals surface area contributed by atoms with Crippen LogP contribution in [0.1, 0.15) is 38.9 Å². The fourth-order valence-electron chi connectivity index (χ4n) is 1.60. The summed E-state index contributed by atoms with van der Waals surface area (Å²) in [6.07, 6.45) is 3.38. The van der Waals surface area contributed by atoms with Crippen molar-refractivity contribution in [3.63, 3.8) is 0 Å². The third-order valence-electron chi connectivity index (χ3n) is 2.85. The largest absolute Gasteiger partial charge is 0.308 e. The van der Waals surface area contributed by atoms with Crippen molar-refractivity contribution < 1.29 is 0 Å². The van der Waals surface area contributed by atoms with E-state index < -0.39 is 0 Å². The highest BCUT2D eigenvalue weighted by molar-refractivity contribution is 5.01. The third-order valence-corrected chi connectivity index (χ3v) is 2.85. The number of rotatable bonds is 4. The molecular formula is C11H19N3. The van der Waals surface area contributed by atoms with Gasteiger partial charge in [0, 0.05) is 24.8 Å². The summed E-state index contributed by atoms with van der Waals surface area (Å²) in [4.78, 5) is 0. The van der Waals surface area contributed by atoms with Crippen LogP contribution in [0.15, 0.2) is 12.3 Å². The first kappa shape index (κ1) is 9.71. The lowest BCUT2D eigenvalue weighted by molar-refractivity contribution is 0.520. The summed E-state index contributed by atoms with van der Waals surface area (Å²) in [7, 11) is 0. The Hall–Kier alpha value is -0.830. The Morgan fingerprint density at radius 3 is 2.86 bits per heavy atom. The first-order valence-electron chi connectivity index (χ1n) is 5.44. The molecule has 0 aliphatic heterocycles. The molecule has 1 aromatic rings. The quantitative estimate of drug-likeness (QED) is 0.792. The first-order valence-corrected chi connectivity index (χ1v) is 5.44. The molecule has 2 atom stereocenters. The van der Waals surface area contributed by atoms with Gasteiger partial charge in [-0.3, -0.25) is 4.68 Å². The zero-order chi connectivity index (χ0) is 10.1. The maximum Gasteiger partial charge on any atom is 0.0762 e. The zero-order valence-electron chi connectivity index (χ0n) is 9.20. The summed E-state index contributed by atoms with van der Waals surface area (Å²) >= 11 is 0. The van der Waals surface area contributed by atoms with E-state index in [2.05, 4.69) is 43.4 Å². The number of hydrogen-bond donors (Lipinski definition) is 1. The van der Waals surface area contributed by atoms with Crippen molar-refractivity contribution >= 4 is 0 Å². The highest BCUT2D eigenvalue weighted by atomic mass is 15.3. The van der Waals surface area contributed by atoms with E-state index in [0.29, 0.717) is 6.04 Å². The van der Waals surface area contributed by atoms with Crippen LogP contribution in [-0.4, -0.2) is 15.8 Å². The summed E-state index contributed by atoms with van der Waals surface area (Å²) in [6.45, 7) is 7.49. The van der Waals surface area contributed by atoms with Gasteiger partial charge in [-0.1, -0.05) is 6.92 Å². The normalized spacial score (nSPS) is 25.7. The summed E-state index contributed by atoms with van der Waals surface area (Å²) in [5.41, 5.74) is 1.15. The monoisotopic (exact) mass is 193 g/mol. The molecule has 0 aromatic carbocycles. The van der Waals surface area contributed by atoms with Gasteiger partial charge in [0.25, 0.3) is 0 Å². The van der Waals surface area contributed by atoms with Gasteiger partial charge in [0.2, 0.25) is 0 Å². The molecule has 1 saturated carbocycles. The average molecular weight is 193 g/mol. The molecule has 3 heteroatoms. The molecule has 1 N–H and O–H groups in total. The molecule has 1 aliphatic rings. The van der Waals surface area contributed by atoms with E-state index in [9.17, 15) is 0 Å². The van der Waals surface area contributed by atoms with E-state index in [0.717, 1.165) is 24.2 Å². The van der Waals surface area contributed by atoms with Gasteiger partial charge in [-0.05, 0) is 32.3 Å². The Morgan fingerprint density at radius 1 is 1.64 bits per heavy atom. The van der Waals surface area contributed by atoms with E-state index >= 15 is 0 Å². The highest BCUT2D eigenvalue weighted by Gasteiger charge is 2.31. The summed E-state index contributed by atoms with van der Waals surface area (Å²) in [6, 6.07) is 3.29. The van der Waals surface area contributed by atoms with Gasteiger partial charge >= 0.3 is 0 Å². The SMILES string of the molecule is CC1CC1NCc1ccn(C(C)C)n1. The molecule has 1 aliphatic carbocycles. The molecular weight excluding hydrogens is 174 g/mol. The smallest absolute Gasteiger partial charge is 0.0762 e. The average Bonchev–Trinajstić information content (AvgIpc) is 2.68. The van der Waals surface area contributed by atoms with Gasteiger partial charge in [0.05, 0.1) is 5.69 Å². The molecule has 1 heterocycles. The Morgan fingerprint density at radius 2 is 2.36 bits per heavy atom. The van der Waals surface area contributed by atoms with Gasteiger partial charge in [-0.2, -0.15) is 5.10 Å². The van der Waals surface area contributed by atoms with Crippen molar-refractivity contribution in [2.75, 3.05) is 0 Å². The maximum atomic E-state index is 4.49. The van der Waals surface area contributed by atoms with Gasteiger partial charge < -0.3 is 5.32 Å². The van der Waals surface area contributed by atoms with Crippen LogP contribution in [-0.2, 0) is 6.54 Å². The van der Waals surface area contributed by atoms with E-state index in [1.807, 2.05) is 4.68 Å². The third kappa shape index (κ3) is 2.15. The molecule has 14 heavy (non-hydrogen) atoms. The van der Waals surface area contributed by atoms with Crippen LogP contribution in [0, 0.1) is 5.92 Å². The van der Waals surface area contributed by atoms with Crippen molar-refractivity contribution in [1.82, 2.24) is 15.1 Å². The van der Waals surface area contributed by atoms with Crippen LogP contribution in [0.25, 0.3) is 0 Å². The second-order valence-corrected chi connectivity index (χ2v) is 4.58. The zero-order valence-corrected chi connectivity index (χ0v) is 9.20. The first-order chi connectivity index (χ1) is 6.66. The van der Waals surface area contributed by atoms with Crippen molar-refractivity contribution in [3.05, 3.63) is 18.0 Å². The van der Waals surface area contributed by atoms with Crippen molar-refractivity contribution in [2.45, 2.75) is 45.8 Å². The molecule has 2 rings (SSSR count). The second kappa shape index (κ2) is 3.73. The lowest BCUT2D eigenvalue weighted by atomic mass is 10.4. The van der Waals surface area contributed by atoms with Crippen LogP contribution in [0.4, 0.5) is 0 Å². The molecule has 2 unspecified atom stereocenters. The van der Waals surface area contributed by atoms with Crippen LogP contribution >= 0.6 is 0 Å².